The third-order valence-corrected chi connectivity index (χ3v) is 4.85. The summed E-state index contributed by atoms with van der Waals surface area (Å²) in [6, 6.07) is 11.2. The highest BCUT2D eigenvalue weighted by Crippen LogP contribution is 2.37. The first-order valence-corrected chi connectivity index (χ1v) is 9.98. The van der Waals surface area contributed by atoms with Crippen molar-refractivity contribution in [2.24, 2.45) is 10.7 Å². The van der Waals surface area contributed by atoms with E-state index in [0.717, 1.165) is 30.4 Å². The van der Waals surface area contributed by atoms with Gasteiger partial charge in [-0.2, -0.15) is 0 Å². The van der Waals surface area contributed by atoms with Gasteiger partial charge < -0.3 is 15.6 Å². The number of aromatic nitrogens is 4. The fourth-order valence-electron chi connectivity index (χ4n) is 3.17. The number of nitrogens with zero attached hydrogens (tertiary/aromatic N) is 5. The van der Waals surface area contributed by atoms with Crippen LogP contribution < -0.4 is 11.1 Å². The normalized spacial score (nSPS) is 13.8. The Kier molecular flexibility index (Phi) is 5.98. The maximum Gasteiger partial charge on any atom is 0.274 e. The quantitative estimate of drug-likeness (QED) is 0.422. The summed E-state index contributed by atoms with van der Waals surface area (Å²) >= 11 is 0. The molecule has 0 saturated heterocycles. The second-order valence-corrected chi connectivity index (χ2v) is 7.23. The number of anilines is 1. The number of amides is 2. The number of rotatable bonds is 8. The zero-order valence-electron chi connectivity index (χ0n) is 17.2. The molecule has 0 radical (unpaired) electrons. The molecule has 3 N–H and O–H groups in total. The van der Waals surface area contributed by atoms with Crippen LogP contribution in [0.1, 0.15) is 34.9 Å². The van der Waals surface area contributed by atoms with Crippen molar-refractivity contribution in [2.75, 3.05) is 5.32 Å². The average molecular weight is 427 g/mol. The van der Waals surface area contributed by atoms with E-state index in [-0.39, 0.29) is 11.6 Å². The lowest BCUT2D eigenvalue weighted by molar-refractivity contribution is -0.111. The molecule has 32 heavy (non-hydrogen) atoms. The Morgan fingerprint density at radius 3 is 2.84 bits per heavy atom. The standard InChI is InChI=1S/C23H21N7O2/c1-2-15(12-25-13-21(24)31)16-8-9-26-20(11-16)23(32)28-18-5-3-4-17(10-18)22-29-27-14-30(22)19-6-7-19/h2-5,8-14,19H,1,6-7H2,(H2,24,31)(H,28,32)/b15-12+,25-13?. The summed E-state index contributed by atoms with van der Waals surface area (Å²) in [5, 5.41) is 11.1. The van der Waals surface area contributed by atoms with Gasteiger partial charge >= 0.3 is 0 Å². The third kappa shape index (κ3) is 4.84. The molecule has 0 spiro atoms. The number of benzene rings is 1. The van der Waals surface area contributed by atoms with E-state index >= 15 is 0 Å². The molecule has 9 heteroatoms. The molecule has 4 rings (SSSR count). The second-order valence-electron chi connectivity index (χ2n) is 7.23. The maximum absolute atomic E-state index is 12.8. The molecule has 0 unspecified atom stereocenters. The molecule has 0 bridgehead atoms. The summed E-state index contributed by atoms with van der Waals surface area (Å²) in [5.74, 6) is -0.241. The minimum atomic E-state index is -0.655. The van der Waals surface area contributed by atoms with Gasteiger partial charge in [0.05, 0.1) is 6.21 Å². The van der Waals surface area contributed by atoms with Crippen molar-refractivity contribution < 1.29 is 9.59 Å². The molecule has 2 amide bonds. The van der Waals surface area contributed by atoms with Crippen LogP contribution in [-0.4, -0.2) is 37.8 Å². The third-order valence-electron chi connectivity index (χ3n) is 4.85. The first-order chi connectivity index (χ1) is 15.5. The summed E-state index contributed by atoms with van der Waals surface area (Å²) in [5.41, 5.74) is 8.05. The maximum atomic E-state index is 12.8. The van der Waals surface area contributed by atoms with Gasteiger partial charge in [-0.05, 0) is 48.2 Å². The van der Waals surface area contributed by atoms with Crippen molar-refractivity contribution in [3.63, 3.8) is 0 Å². The highest BCUT2D eigenvalue weighted by atomic mass is 16.2. The van der Waals surface area contributed by atoms with Crippen LogP contribution in [0.5, 0.6) is 0 Å². The summed E-state index contributed by atoms with van der Waals surface area (Å²) in [4.78, 5) is 31.7. The number of primary amides is 1. The molecule has 3 aromatic rings. The number of allylic oxidation sites excluding steroid dienone is 2. The summed E-state index contributed by atoms with van der Waals surface area (Å²) in [7, 11) is 0. The Bertz CT molecular complexity index is 1240. The van der Waals surface area contributed by atoms with Crippen molar-refractivity contribution in [1.82, 2.24) is 19.7 Å². The number of hydrogen-bond acceptors (Lipinski definition) is 6. The molecule has 1 aliphatic rings. The SMILES string of the molecule is C=C/C(=C\N=CC(N)=O)c1ccnc(C(=O)Nc2cccc(-c3nncn3C3CC3)c2)c1. The predicted octanol–water partition coefficient (Wildman–Crippen LogP) is 3.01. The van der Waals surface area contributed by atoms with Crippen LogP contribution in [0, 0.1) is 0 Å². The van der Waals surface area contributed by atoms with Gasteiger partial charge in [-0.3, -0.25) is 19.6 Å². The van der Waals surface area contributed by atoms with Gasteiger partial charge in [0.1, 0.15) is 12.0 Å². The van der Waals surface area contributed by atoms with Crippen LogP contribution in [0.3, 0.4) is 0 Å². The summed E-state index contributed by atoms with van der Waals surface area (Å²) < 4.78 is 2.07. The molecule has 2 heterocycles. The Morgan fingerprint density at radius 2 is 2.09 bits per heavy atom. The first-order valence-electron chi connectivity index (χ1n) is 9.98. The van der Waals surface area contributed by atoms with E-state index in [9.17, 15) is 9.59 Å². The molecule has 0 aliphatic heterocycles. The van der Waals surface area contributed by atoms with Crippen molar-refractivity contribution in [1.29, 1.82) is 0 Å². The van der Waals surface area contributed by atoms with Crippen LogP contribution in [-0.2, 0) is 4.79 Å². The lowest BCUT2D eigenvalue weighted by Crippen LogP contribution is -2.14. The molecule has 1 aromatic carbocycles. The summed E-state index contributed by atoms with van der Waals surface area (Å²) in [6.45, 7) is 3.74. The number of aliphatic imine (C=N–C) groups is 1. The fraction of sp³-hybridized carbons (Fsp3) is 0.130. The first kappa shape index (κ1) is 20.9. The fourth-order valence-corrected chi connectivity index (χ4v) is 3.17. The largest absolute Gasteiger partial charge is 0.365 e. The number of nitrogens with two attached hydrogens (primary N) is 1. The van der Waals surface area contributed by atoms with Gasteiger partial charge in [-0.15, -0.1) is 10.2 Å². The monoisotopic (exact) mass is 427 g/mol. The predicted molar refractivity (Wildman–Crippen MR) is 122 cm³/mol. The van der Waals surface area contributed by atoms with E-state index in [1.165, 1.54) is 12.4 Å². The molecule has 160 valence electrons. The Balaban J connectivity index is 1.53. The van der Waals surface area contributed by atoms with Crippen molar-refractivity contribution in [3.05, 3.63) is 79.0 Å². The van der Waals surface area contributed by atoms with E-state index in [1.54, 1.807) is 30.6 Å². The summed E-state index contributed by atoms with van der Waals surface area (Å²) in [6.07, 6.45) is 9.51. The molecule has 9 nitrogen and oxygen atoms in total. The van der Waals surface area contributed by atoms with Crippen LogP contribution >= 0.6 is 0 Å². The van der Waals surface area contributed by atoms with Gasteiger partial charge in [0, 0.05) is 29.7 Å². The van der Waals surface area contributed by atoms with Gasteiger partial charge in [-0.25, -0.2) is 0 Å². The highest BCUT2D eigenvalue weighted by molar-refractivity contribution is 6.25. The van der Waals surface area contributed by atoms with E-state index in [0.29, 0.717) is 22.9 Å². The van der Waals surface area contributed by atoms with Crippen LogP contribution in [0.4, 0.5) is 5.69 Å². The van der Waals surface area contributed by atoms with Crippen molar-refractivity contribution in [3.8, 4) is 11.4 Å². The van der Waals surface area contributed by atoms with E-state index in [2.05, 4.69) is 36.6 Å². The van der Waals surface area contributed by atoms with Gasteiger partial charge in [-0.1, -0.05) is 24.8 Å². The number of carbonyl (C=O) groups is 2. The Morgan fingerprint density at radius 1 is 1.25 bits per heavy atom. The van der Waals surface area contributed by atoms with Crippen LogP contribution in [0.15, 0.2) is 72.8 Å². The molecule has 0 atom stereocenters. The zero-order valence-corrected chi connectivity index (χ0v) is 17.2. The number of pyridine rings is 1. The van der Waals surface area contributed by atoms with Crippen LogP contribution in [0.25, 0.3) is 17.0 Å². The highest BCUT2D eigenvalue weighted by Gasteiger charge is 2.26. The molecular weight excluding hydrogens is 406 g/mol. The smallest absolute Gasteiger partial charge is 0.274 e. The van der Waals surface area contributed by atoms with E-state index in [1.807, 2.05) is 18.2 Å². The minimum Gasteiger partial charge on any atom is -0.365 e. The van der Waals surface area contributed by atoms with Crippen LogP contribution in [0.2, 0.25) is 0 Å². The number of hydrogen-bond donors (Lipinski definition) is 2. The Labute approximate surface area is 184 Å². The average Bonchev–Trinajstić information content (AvgIpc) is 3.53. The molecule has 1 aliphatic carbocycles. The Hall–Kier alpha value is -4.40. The zero-order chi connectivity index (χ0) is 22.5. The molecular formula is C23H21N7O2. The van der Waals surface area contributed by atoms with E-state index < -0.39 is 5.91 Å². The number of carbonyl (C=O) groups excluding carboxylic acids is 2. The molecule has 1 fully saturated rings. The van der Waals surface area contributed by atoms with Gasteiger partial charge in [0.25, 0.3) is 11.8 Å². The molecule has 2 aromatic heterocycles. The lowest BCUT2D eigenvalue weighted by atomic mass is 10.1. The number of nitrogens with one attached hydrogen (secondary N) is 1. The van der Waals surface area contributed by atoms with Crippen molar-refractivity contribution >= 4 is 29.3 Å². The molecule has 1 saturated carbocycles. The van der Waals surface area contributed by atoms with Gasteiger partial charge in [0.15, 0.2) is 5.82 Å². The lowest BCUT2D eigenvalue weighted by Gasteiger charge is -2.09. The van der Waals surface area contributed by atoms with Gasteiger partial charge in [0.2, 0.25) is 0 Å². The van der Waals surface area contributed by atoms with E-state index in [4.69, 9.17) is 5.73 Å². The van der Waals surface area contributed by atoms with Crippen molar-refractivity contribution in [2.45, 2.75) is 18.9 Å². The second kappa shape index (κ2) is 9.17. The minimum absolute atomic E-state index is 0.223. The topological polar surface area (TPSA) is 128 Å².